The number of benzene rings is 1. The quantitative estimate of drug-likeness (QED) is 0.797. The van der Waals surface area contributed by atoms with E-state index in [0.29, 0.717) is 19.8 Å². The van der Waals surface area contributed by atoms with Gasteiger partial charge in [-0.1, -0.05) is 0 Å². The highest BCUT2D eigenvalue weighted by Gasteiger charge is 2.35. The summed E-state index contributed by atoms with van der Waals surface area (Å²) in [6.45, 7) is 1.63. The fraction of sp³-hybridized carbons (Fsp3) is 0.455. The van der Waals surface area contributed by atoms with Gasteiger partial charge in [-0.15, -0.1) is 0 Å². The molecule has 0 atom stereocenters. The van der Waals surface area contributed by atoms with E-state index >= 15 is 0 Å². The van der Waals surface area contributed by atoms with Gasteiger partial charge < -0.3 is 19.9 Å². The third-order valence-corrected chi connectivity index (χ3v) is 2.36. The third-order valence-electron chi connectivity index (χ3n) is 2.36. The molecule has 2 rings (SSSR count). The van der Waals surface area contributed by atoms with Gasteiger partial charge in [0, 0.05) is 0 Å². The normalized spacial score (nSPS) is 18.0. The third kappa shape index (κ3) is 2.40. The van der Waals surface area contributed by atoms with E-state index < -0.39 is 0 Å². The maximum Gasteiger partial charge on any atom is 0.119 e. The van der Waals surface area contributed by atoms with Gasteiger partial charge >= 0.3 is 0 Å². The molecule has 1 saturated heterocycles. The minimum absolute atomic E-state index is 0.306. The summed E-state index contributed by atoms with van der Waals surface area (Å²) in [4.78, 5) is 0. The van der Waals surface area contributed by atoms with Gasteiger partial charge in [-0.05, 0) is 24.3 Å². The van der Waals surface area contributed by atoms with Gasteiger partial charge in [-0.25, -0.2) is 0 Å². The Morgan fingerprint density at radius 3 is 2.33 bits per heavy atom. The largest absolute Gasteiger partial charge is 0.497 e. The first kappa shape index (κ1) is 10.3. The summed E-state index contributed by atoms with van der Waals surface area (Å²) in [6.07, 6.45) is 0. The lowest BCUT2D eigenvalue weighted by Gasteiger charge is -2.37. The average Bonchev–Trinajstić information content (AvgIpc) is 2.24. The SMILES string of the molecule is COc1ccc(OCC2(N)COC2)cc1. The maximum absolute atomic E-state index is 5.93. The predicted octanol–water partition coefficient (Wildman–Crippen LogP) is 0.802. The molecule has 0 saturated carbocycles. The van der Waals surface area contributed by atoms with Crippen LogP contribution in [0.15, 0.2) is 24.3 Å². The van der Waals surface area contributed by atoms with Crippen LogP contribution in [0.4, 0.5) is 0 Å². The Labute approximate surface area is 88.9 Å². The van der Waals surface area contributed by atoms with Crippen LogP contribution < -0.4 is 15.2 Å². The van der Waals surface area contributed by atoms with Crippen molar-refractivity contribution in [2.75, 3.05) is 26.9 Å². The molecule has 1 aliphatic rings. The molecule has 4 heteroatoms. The van der Waals surface area contributed by atoms with Crippen molar-refractivity contribution in [3.05, 3.63) is 24.3 Å². The van der Waals surface area contributed by atoms with Crippen molar-refractivity contribution in [3.63, 3.8) is 0 Å². The standard InChI is InChI=1S/C11H15NO3/c1-13-9-2-4-10(5-3-9)15-8-11(12)6-14-7-11/h2-5H,6-8,12H2,1H3. The number of hydrogen-bond acceptors (Lipinski definition) is 4. The predicted molar refractivity (Wildman–Crippen MR) is 56.2 cm³/mol. The van der Waals surface area contributed by atoms with Crippen LogP contribution in [-0.4, -0.2) is 32.5 Å². The van der Waals surface area contributed by atoms with E-state index in [4.69, 9.17) is 19.9 Å². The molecule has 4 nitrogen and oxygen atoms in total. The van der Waals surface area contributed by atoms with Gasteiger partial charge in [-0.3, -0.25) is 0 Å². The lowest BCUT2D eigenvalue weighted by Crippen LogP contribution is -2.61. The fourth-order valence-electron chi connectivity index (χ4n) is 1.35. The minimum atomic E-state index is -0.306. The van der Waals surface area contributed by atoms with Crippen LogP contribution in [0.5, 0.6) is 11.5 Å². The first-order chi connectivity index (χ1) is 7.22. The number of ether oxygens (including phenoxy) is 3. The van der Waals surface area contributed by atoms with Crippen LogP contribution in [0.25, 0.3) is 0 Å². The summed E-state index contributed by atoms with van der Waals surface area (Å²) >= 11 is 0. The van der Waals surface area contributed by atoms with E-state index in [1.54, 1.807) is 7.11 Å². The Bertz CT molecular complexity index is 319. The molecule has 2 N–H and O–H groups in total. The van der Waals surface area contributed by atoms with Gasteiger partial charge in [0.05, 0.1) is 25.9 Å². The van der Waals surface area contributed by atoms with Crippen molar-refractivity contribution in [1.29, 1.82) is 0 Å². The Hall–Kier alpha value is -1.26. The number of hydrogen-bond donors (Lipinski definition) is 1. The van der Waals surface area contributed by atoms with Gasteiger partial charge in [0.1, 0.15) is 18.1 Å². The van der Waals surface area contributed by atoms with Gasteiger partial charge in [-0.2, -0.15) is 0 Å². The Balaban J connectivity index is 1.87. The monoisotopic (exact) mass is 209 g/mol. The summed E-state index contributed by atoms with van der Waals surface area (Å²) in [7, 11) is 1.64. The molecule has 0 aliphatic carbocycles. The van der Waals surface area contributed by atoms with Crippen LogP contribution >= 0.6 is 0 Å². The minimum Gasteiger partial charge on any atom is -0.497 e. The van der Waals surface area contributed by atoms with Gasteiger partial charge in [0.25, 0.3) is 0 Å². The summed E-state index contributed by atoms with van der Waals surface area (Å²) < 4.78 is 15.6. The topological polar surface area (TPSA) is 53.7 Å². The molecule has 15 heavy (non-hydrogen) atoms. The highest BCUT2D eigenvalue weighted by atomic mass is 16.5. The second-order valence-corrected chi connectivity index (χ2v) is 3.82. The zero-order valence-electron chi connectivity index (χ0n) is 8.73. The van der Waals surface area contributed by atoms with Crippen LogP contribution in [0.2, 0.25) is 0 Å². The second kappa shape index (κ2) is 4.08. The first-order valence-electron chi connectivity index (χ1n) is 4.85. The average molecular weight is 209 g/mol. The molecule has 0 unspecified atom stereocenters. The first-order valence-corrected chi connectivity index (χ1v) is 4.85. The molecular formula is C11H15NO3. The molecule has 1 fully saturated rings. The number of rotatable bonds is 4. The Morgan fingerprint density at radius 1 is 1.27 bits per heavy atom. The fourth-order valence-corrected chi connectivity index (χ4v) is 1.35. The van der Waals surface area contributed by atoms with Crippen molar-refractivity contribution >= 4 is 0 Å². The van der Waals surface area contributed by atoms with E-state index in [9.17, 15) is 0 Å². The van der Waals surface area contributed by atoms with Crippen molar-refractivity contribution in [2.24, 2.45) is 5.73 Å². The number of nitrogens with two attached hydrogens (primary N) is 1. The number of methoxy groups -OCH3 is 1. The molecule has 1 aromatic carbocycles. The second-order valence-electron chi connectivity index (χ2n) is 3.82. The zero-order chi connectivity index (χ0) is 10.7. The van der Waals surface area contributed by atoms with Crippen LogP contribution in [0, 0.1) is 0 Å². The van der Waals surface area contributed by atoms with Gasteiger partial charge in [0.2, 0.25) is 0 Å². The van der Waals surface area contributed by atoms with Gasteiger partial charge in [0.15, 0.2) is 0 Å². The van der Waals surface area contributed by atoms with E-state index in [-0.39, 0.29) is 5.54 Å². The van der Waals surface area contributed by atoms with Crippen LogP contribution in [-0.2, 0) is 4.74 Å². The molecule has 1 heterocycles. The highest BCUT2D eigenvalue weighted by molar-refractivity contribution is 5.31. The molecule has 0 amide bonds. The van der Waals surface area contributed by atoms with E-state index in [1.807, 2.05) is 24.3 Å². The molecular weight excluding hydrogens is 194 g/mol. The van der Waals surface area contributed by atoms with Crippen molar-refractivity contribution in [1.82, 2.24) is 0 Å². The summed E-state index contributed by atoms with van der Waals surface area (Å²) in [5, 5.41) is 0. The van der Waals surface area contributed by atoms with Crippen molar-refractivity contribution < 1.29 is 14.2 Å². The Kier molecular flexibility index (Phi) is 2.79. The molecule has 1 aromatic rings. The van der Waals surface area contributed by atoms with Crippen LogP contribution in [0.1, 0.15) is 0 Å². The highest BCUT2D eigenvalue weighted by Crippen LogP contribution is 2.20. The van der Waals surface area contributed by atoms with Crippen molar-refractivity contribution in [3.8, 4) is 11.5 Å². The van der Waals surface area contributed by atoms with E-state index in [1.165, 1.54) is 0 Å². The summed E-state index contributed by atoms with van der Waals surface area (Å²) in [5.41, 5.74) is 5.63. The molecule has 1 aliphatic heterocycles. The Morgan fingerprint density at radius 2 is 1.87 bits per heavy atom. The summed E-state index contributed by atoms with van der Waals surface area (Å²) in [5.74, 6) is 1.62. The summed E-state index contributed by atoms with van der Waals surface area (Å²) in [6, 6.07) is 7.44. The lowest BCUT2D eigenvalue weighted by molar-refractivity contribution is -0.0722. The molecule has 0 bridgehead atoms. The van der Waals surface area contributed by atoms with E-state index in [2.05, 4.69) is 0 Å². The molecule has 0 radical (unpaired) electrons. The zero-order valence-corrected chi connectivity index (χ0v) is 8.73. The van der Waals surface area contributed by atoms with E-state index in [0.717, 1.165) is 11.5 Å². The molecule has 82 valence electrons. The molecule has 0 aromatic heterocycles. The lowest BCUT2D eigenvalue weighted by atomic mass is 10.0. The smallest absolute Gasteiger partial charge is 0.119 e. The van der Waals surface area contributed by atoms with Crippen LogP contribution in [0.3, 0.4) is 0 Å². The van der Waals surface area contributed by atoms with Crippen molar-refractivity contribution in [2.45, 2.75) is 5.54 Å². The maximum atomic E-state index is 5.93. The molecule has 0 spiro atoms.